The number of nitrogens with zero attached hydrogens (tertiary/aromatic N) is 3. The average molecular weight is 373 g/mol. The van der Waals surface area contributed by atoms with Crippen LogP contribution in [0.25, 0.3) is 5.69 Å². The molecule has 0 bridgehead atoms. The van der Waals surface area contributed by atoms with Crippen LogP contribution in [0.2, 0.25) is 5.15 Å². The molecule has 0 radical (unpaired) electrons. The third-order valence-corrected chi connectivity index (χ3v) is 4.18. The Morgan fingerprint density at radius 1 is 1.15 bits per heavy atom. The molecule has 0 unspecified atom stereocenters. The number of hydrogen-bond acceptors (Lipinski definition) is 5. The van der Waals surface area contributed by atoms with Gasteiger partial charge < -0.3 is 14.6 Å². The molecule has 0 saturated carbocycles. The smallest absolute Gasteiger partial charge is 0.335 e. The summed E-state index contributed by atoms with van der Waals surface area (Å²) in [5.41, 5.74) is 2.58. The number of pyridine rings is 1. The minimum Gasteiger partial charge on any atom is -0.497 e. The number of hydrogen-bond donors (Lipinski definition) is 1. The molecular weight excluding hydrogens is 356 g/mol. The van der Waals surface area contributed by atoms with Gasteiger partial charge in [0.2, 0.25) is 5.82 Å². The van der Waals surface area contributed by atoms with E-state index in [1.807, 2.05) is 26.0 Å². The molecule has 0 spiro atoms. The molecule has 2 heterocycles. The number of halogens is 1. The summed E-state index contributed by atoms with van der Waals surface area (Å²) in [5, 5.41) is 15.0. The molecule has 3 rings (SSSR count). The number of ether oxygens (including phenoxy) is 1. The first kappa shape index (κ1) is 17.8. The van der Waals surface area contributed by atoms with E-state index < -0.39 is 4.92 Å². The SMILES string of the molecule is COc1ccc(Nc2nc(Cl)cc(-n3c(C)ccc3C)c2[N+](=O)[O-])cc1. The van der Waals surface area contributed by atoms with E-state index in [0.717, 1.165) is 11.4 Å². The van der Waals surface area contributed by atoms with Crippen LogP contribution in [-0.4, -0.2) is 21.6 Å². The number of aryl methyl sites for hydroxylation is 2. The van der Waals surface area contributed by atoms with Crippen molar-refractivity contribution >= 4 is 28.8 Å². The van der Waals surface area contributed by atoms with Crippen LogP contribution in [0, 0.1) is 24.0 Å². The molecule has 1 N–H and O–H groups in total. The van der Waals surface area contributed by atoms with Crippen molar-refractivity contribution in [1.29, 1.82) is 0 Å². The van der Waals surface area contributed by atoms with Gasteiger partial charge in [-0.2, -0.15) is 0 Å². The Kier molecular flexibility index (Phi) is 4.81. The number of rotatable bonds is 5. The highest BCUT2D eigenvalue weighted by Crippen LogP contribution is 2.36. The number of aromatic nitrogens is 2. The molecule has 0 aliphatic heterocycles. The summed E-state index contributed by atoms with van der Waals surface area (Å²) in [5.74, 6) is 0.763. The summed E-state index contributed by atoms with van der Waals surface area (Å²) < 4.78 is 6.90. The van der Waals surface area contributed by atoms with E-state index in [2.05, 4.69) is 10.3 Å². The number of anilines is 2. The van der Waals surface area contributed by atoms with E-state index >= 15 is 0 Å². The summed E-state index contributed by atoms with van der Waals surface area (Å²) in [4.78, 5) is 15.5. The Morgan fingerprint density at radius 2 is 1.77 bits per heavy atom. The standard InChI is InChI=1S/C18H17ClN4O3/c1-11-4-5-12(2)22(11)15-10-16(19)21-18(17(15)23(24)25)20-13-6-8-14(26-3)9-7-13/h4-10H,1-3H3,(H,20,21). The monoisotopic (exact) mass is 372 g/mol. The molecule has 2 aromatic heterocycles. The summed E-state index contributed by atoms with van der Waals surface area (Å²) in [7, 11) is 1.57. The minimum absolute atomic E-state index is 0.0789. The van der Waals surface area contributed by atoms with Gasteiger partial charge in [0.05, 0.1) is 12.0 Å². The van der Waals surface area contributed by atoms with Gasteiger partial charge in [-0.3, -0.25) is 10.1 Å². The summed E-state index contributed by atoms with van der Waals surface area (Å²) in [6.45, 7) is 3.75. The Bertz CT molecular complexity index is 948. The van der Waals surface area contributed by atoms with Crippen molar-refractivity contribution in [3.63, 3.8) is 0 Å². The second-order valence-corrected chi connectivity index (χ2v) is 6.11. The molecule has 1 aromatic carbocycles. The van der Waals surface area contributed by atoms with Gasteiger partial charge in [0.1, 0.15) is 16.6 Å². The van der Waals surface area contributed by atoms with Crippen molar-refractivity contribution in [2.75, 3.05) is 12.4 Å². The quantitative estimate of drug-likeness (QED) is 0.395. The highest BCUT2D eigenvalue weighted by atomic mass is 35.5. The first-order chi connectivity index (χ1) is 12.4. The first-order valence-electron chi connectivity index (χ1n) is 7.82. The molecular formula is C18H17ClN4O3. The van der Waals surface area contributed by atoms with Crippen molar-refractivity contribution in [2.24, 2.45) is 0 Å². The fourth-order valence-corrected chi connectivity index (χ4v) is 2.98. The summed E-state index contributed by atoms with van der Waals surface area (Å²) in [6, 6.07) is 12.3. The molecule has 8 heteroatoms. The van der Waals surface area contributed by atoms with Crippen LogP contribution in [0.3, 0.4) is 0 Å². The fraction of sp³-hybridized carbons (Fsp3) is 0.167. The predicted octanol–water partition coefficient (Wildman–Crippen LogP) is 4.80. The van der Waals surface area contributed by atoms with E-state index in [1.165, 1.54) is 6.07 Å². The molecule has 26 heavy (non-hydrogen) atoms. The van der Waals surface area contributed by atoms with Gasteiger partial charge in [-0.25, -0.2) is 4.98 Å². The van der Waals surface area contributed by atoms with Crippen molar-refractivity contribution in [2.45, 2.75) is 13.8 Å². The van der Waals surface area contributed by atoms with E-state index in [1.54, 1.807) is 35.9 Å². The van der Waals surface area contributed by atoms with Crippen molar-refractivity contribution < 1.29 is 9.66 Å². The van der Waals surface area contributed by atoms with E-state index in [4.69, 9.17) is 16.3 Å². The second kappa shape index (κ2) is 7.05. The third kappa shape index (κ3) is 3.34. The van der Waals surface area contributed by atoms with Gasteiger partial charge in [-0.15, -0.1) is 0 Å². The summed E-state index contributed by atoms with van der Waals surface area (Å²) in [6.07, 6.45) is 0. The Balaban J connectivity index is 2.14. The van der Waals surface area contributed by atoms with Gasteiger partial charge in [0, 0.05) is 23.1 Å². The number of nitro groups is 1. The first-order valence-corrected chi connectivity index (χ1v) is 8.20. The van der Waals surface area contributed by atoms with Crippen LogP contribution in [0.15, 0.2) is 42.5 Å². The maximum Gasteiger partial charge on any atom is 0.335 e. The number of methoxy groups -OCH3 is 1. The van der Waals surface area contributed by atoms with Gasteiger partial charge in [-0.1, -0.05) is 11.6 Å². The zero-order chi connectivity index (χ0) is 18.8. The van der Waals surface area contributed by atoms with Crippen molar-refractivity contribution in [3.8, 4) is 11.4 Å². The van der Waals surface area contributed by atoms with Gasteiger partial charge >= 0.3 is 5.69 Å². The van der Waals surface area contributed by atoms with Crippen LogP contribution < -0.4 is 10.1 Å². The third-order valence-electron chi connectivity index (χ3n) is 3.99. The molecule has 0 saturated heterocycles. The van der Waals surface area contributed by atoms with Crippen LogP contribution in [0.1, 0.15) is 11.4 Å². The molecule has 0 fully saturated rings. The Morgan fingerprint density at radius 3 is 2.31 bits per heavy atom. The molecule has 0 aliphatic carbocycles. The van der Waals surface area contributed by atoms with E-state index in [9.17, 15) is 10.1 Å². The highest BCUT2D eigenvalue weighted by Gasteiger charge is 2.25. The van der Waals surface area contributed by atoms with Crippen LogP contribution in [0.4, 0.5) is 17.2 Å². The lowest BCUT2D eigenvalue weighted by atomic mass is 10.2. The Hall–Kier alpha value is -3.06. The minimum atomic E-state index is -0.455. The molecule has 0 aliphatic rings. The zero-order valence-electron chi connectivity index (χ0n) is 14.5. The van der Waals surface area contributed by atoms with Crippen LogP contribution in [-0.2, 0) is 0 Å². The molecule has 0 atom stereocenters. The number of nitrogens with one attached hydrogen (secondary N) is 1. The molecule has 3 aromatic rings. The average Bonchev–Trinajstić information content (AvgIpc) is 2.93. The molecule has 7 nitrogen and oxygen atoms in total. The number of benzene rings is 1. The largest absolute Gasteiger partial charge is 0.497 e. The maximum absolute atomic E-state index is 11.8. The zero-order valence-corrected chi connectivity index (χ0v) is 15.2. The lowest BCUT2D eigenvalue weighted by Crippen LogP contribution is -2.08. The van der Waals surface area contributed by atoms with E-state index in [-0.39, 0.29) is 16.7 Å². The maximum atomic E-state index is 11.8. The lowest BCUT2D eigenvalue weighted by Gasteiger charge is -2.14. The van der Waals surface area contributed by atoms with Gasteiger partial charge in [0.15, 0.2) is 0 Å². The topological polar surface area (TPSA) is 82.2 Å². The van der Waals surface area contributed by atoms with Crippen molar-refractivity contribution in [3.05, 3.63) is 69.1 Å². The lowest BCUT2D eigenvalue weighted by molar-refractivity contribution is -0.383. The van der Waals surface area contributed by atoms with Crippen LogP contribution in [0.5, 0.6) is 5.75 Å². The predicted molar refractivity (Wildman–Crippen MR) is 101 cm³/mol. The van der Waals surface area contributed by atoms with Crippen LogP contribution >= 0.6 is 11.6 Å². The molecule has 134 valence electrons. The highest BCUT2D eigenvalue weighted by molar-refractivity contribution is 6.29. The summed E-state index contributed by atoms with van der Waals surface area (Å²) >= 11 is 6.16. The normalized spacial score (nSPS) is 10.6. The van der Waals surface area contributed by atoms with E-state index in [0.29, 0.717) is 17.1 Å². The van der Waals surface area contributed by atoms with Gasteiger partial charge in [0.25, 0.3) is 0 Å². The molecule has 0 amide bonds. The van der Waals surface area contributed by atoms with Gasteiger partial charge in [-0.05, 0) is 50.2 Å². The second-order valence-electron chi connectivity index (χ2n) is 5.72. The van der Waals surface area contributed by atoms with Crippen molar-refractivity contribution in [1.82, 2.24) is 9.55 Å². The Labute approximate surface area is 155 Å². The fourth-order valence-electron chi connectivity index (χ4n) is 2.79.